The van der Waals surface area contributed by atoms with Gasteiger partial charge >= 0.3 is 0 Å². The van der Waals surface area contributed by atoms with Crippen molar-refractivity contribution in [1.82, 2.24) is 4.73 Å². The second-order valence-electron chi connectivity index (χ2n) is 4.36. The predicted molar refractivity (Wildman–Crippen MR) is 70.4 cm³/mol. The van der Waals surface area contributed by atoms with Gasteiger partial charge in [-0.3, -0.25) is 4.79 Å². The molecule has 0 bridgehead atoms. The van der Waals surface area contributed by atoms with Crippen molar-refractivity contribution >= 4 is 6.08 Å². The summed E-state index contributed by atoms with van der Waals surface area (Å²) in [5.41, 5.74) is 1.03. The summed E-state index contributed by atoms with van der Waals surface area (Å²) in [5.74, 6) is 0. The summed E-state index contributed by atoms with van der Waals surface area (Å²) >= 11 is 0. The Kier molecular flexibility index (Phi) is 5.53. The van der Waals surface area contributed by atoms with E-state index in [0.717, 1.165) is 18.4 Å². The highest BCUT2D eigenvalue weighted by atomic mass is 16.5. The quantitative estimate of drug-likeness (QED) is 0.606. The zero-order valence-electron chi connectivity index (χ0n) is 10.6. The van der Waals surface area contributed by atoms with E-state index < -0.39 is 0 Å². The Labute approximate surface area is 102 Å². The van der Waals surface area contributed by atoms with Gasteiger partial charge < -0.3 is 5.21 Å². The molecule has 0 unspecified atom stereocenters. The van der Waals surface area contributed by atoms with Crippen LogP contribution in [0.4, 0.5) is 0 Å². The molecule has 0 aliphatic rings. The Morgan fingerprint density at radius 3 is 2.76 bits per heavy atom. The Balaban J connectivity index is 2.56. The summed E-state index contributed by atoms with van der Waals surface area (Å²) in [6.07, 6.45) is 9.70. The van der Waals surface area contributed by atoms with Crippen LogP contribution in [-0.4, -0.2) is 9.94 Å². The SMILES string of the molecule is CCCCCCC=Cc1cc(C)cc(=O)n1O. The molecule has 1 aromatic heterocycles. The van der Waals surface area contributed by atoms with Crippen molar-refractivity contribution in [1.29, 1.82) is 0 Å². The lowest BCUT2D eigenvalue weighted by Crippen LogP contribution is -2.18. The first-order valence-corrected chi connectivity index (χ1v) is 6.24. The van der Waals surface area contributed by atoms with E-state index in [-0.39, 0.29) is 5.56 Å². The van der Waals surface area contributed by atoms with Crippen LogP contribution in [0.5, 0.6) is 0 Å². The van der Waals surface area contributed by atoms with Crippen molar-refractivity contribution < 1.29 is 5.21 Å². The molecule has 1 rings (SSSR count). The van der Waals surface area contributed by atoms with Crippen LogP contribution in [0.1, 0.15) is 50.3 Å². The van der Waals surface area contributed by atoms with Crippen LogP contribution < -0.4 is 5.56 Å². The molecular formula is C14H21NO2. The van der Waals surface area contributed by atoms with E-state index in [9.17, 15) is 10.0 Å². The third-order valence-electron chi connectivity index (χ3n) is 2.69. The van der Waals surface area contributed by atoms with Gasteiger partial charge in [-0.1, -0.05) is 32.3 Å². The maximum atomic E-state index is 11.3. The first-order chi connectivity index (χ1) is 8.15. The van der Waals surface area contributed by atoms with Crippen molar-refractivity contribution in [2.24, 2.45) is 0 Å². The number of nitrogens with zero attached hydrogens (tertiary/aromatic N) is 1. The van der Waals surface area contributed by atoms with Crippen LogP contribution >= 0.6 is 0 Å². The number of allylic oxidation sites excluding steroid dienone is 1. The number of unbranched alkanes of at least 4 members (excludes halogenated alkanes) is 4. The van der Waals surface area contributed by atoms with E-state index in [0.29, 0.717) is 10.4 Å². The highest BCUT2D eigenvalue weighted by Gasteiger charge is 1.99. The van der Waals surface area contributed by atoms with Crippen LogP contribution in [0.3, 0.4) is 0 Å². The summed E-state index contributed by atoms with van der Waals surface area (Å²) < 4.78 is 0.690. The average Bonchev–Trinajstić information content (AvgIpc) is 2.29. The van der Waals surface area contributed by atoms with Gasteiger partial charge in [0.15, 0.2) is 0 Å². The Bertz CT molecular complexity index is 432. The van der Waals surface area contributed by atoms with Crippen molar-refractivity contribution in [2.75, 3.05) is 0 Å². The topological polar surface area (TPSA) is 42.2 Å². The molecule has 0 fully saturated rings. The van der Waals surface area contributed by atoms with Gasteiger partial charge in [-0.15, -0.1) is 4.73 Å². The molecule has 0 saturated carbocycles. The van der Waals surface area contributed by atoms with Crippen LogP contribution in [0.2, 0.25) is 0 Å². The summed E-state index contributed by atoms with van der Waals surface area (Å²) in [5, 5.41) is 9.52. The molecule has 0 aromatic carbocycles. The molecule has 0 aliphatic heterocycles. The molecule has 0 atom stereocenters. The van der Waals surface area contributed by atoms with Crippen LogP contribution in [0.15, 0.2) is 23.0 Å². The average molecular weight is 235 g/mol. The third-order valence-corrected chi connectivity index (χ3v) is 2.69. The van der Waals surface area contributed by atoms with E-state index >= 15 is 0 Å². The molecule has 1 heterocycles. The van der Waals surface area contributed by atoms with Gasteiger partial charge in [0.1, 0.15) is 0 Å². The van der Waals surface area contributed by atoms with Gasteiger partial charge in [0.05, 0.1) is 5.69 Å². The Morgan fingerprint density at radius 2 is 2.06 bits per heavy atom. The fourth-order valence-electron chi connectivity index (χ4n) is 1.73. The molecular weight excluding hydrogens is 214 g/mol. The summed E-state index contributed by atoms with van der Waals surface area (Å²) in [6, 6.07) is 3.21. The van der Waals surface area contributed by atoms with Gasteiger partial charge in [0.25, 0.3) is 5.56 Å². The smallest absolute Gasteiger partial charge is 0.283 e. The van der Waals surface area contributed by atoms with Gasteiger partial charge in [-0.25, -0.2) is 0 Å². The fraction of sp³-hybridized carbons (Fsp3) is 0.500. The van der Waals surface area contributed by atoms with E-state index in [1.54, 1.807) is 12.1 Å². The standard InChI is InChI=1S/C14H21NO2/c1-3-4-5-6-7-8-9-13-10-12(2)11-14(16)15(13)17/h8-11,17H,3-7H2,1-2H3. The first-order valence-electron chi connectivity index (χ1n) is 6.24. The number of aryl methyl sites for hydroxylation is 1. The minimum Gasteiger partial charge on any atom is -0.425 e. The summed E-state index contributed by atoms with van der Waals surface area (Å²) in [6.45, 7) is 4.03. The molecule has 0 aliphatic carbocycles. The molecule has 94 valence electrons. The van der Waals surface area contributed by atoms with Gasteiger partial charge in [0, 0.05) is 6.07 Å². The maximum absolute atomic E-state index is 11.3. The second kappa shape index (κ2) is 6.94. The highest BCUT2D eigenvalue weighted by molar-refractivity contribution is 5.45. The second-order valence-corrected chi connectivity index (χ2v) is 4.36. The molecule has 0 radical (unpaired) electrons. The minimum atomic E-state index is -0.379. The monoisotopic (exact) mass is 235 g/mol. The zero-order valence-corrected chi connectivity index (χ0v) is 10.6. The zero-order chi connectivity index (χ0) is 12.7. The number of hydrogen-bond acceptors (Lipinski definition) is 2. The van der Waals surface area contributed by atoms with Crippen LogP contribution in [0.25, 0.3) is 6.08 Å². The van der Waals surface area contributed by atoms with Crippen molar-refractivity contribution in [3.8, 4) is 0 Å². The van der Waals surface area contributed by atoms with Crippen molar-refractivity contribution in [3.05, 3.63) is 39.8 Å². The Morgan fingerprint density at radius 1 is 1.29 bits per heavy atom. The van der Waals surface area contributed by atoms with E-state index in [2.05, 4.69) is 6.92 Å². The molecule has 0 saturated heterocycles. The van der Waals surface area contributed by atoms with Gasteiger partial charge in [0.2, 0.25) is 0 Å². The third kappa shape index (κ3) is 4.47. The highest BCUT2D eigenvalue weighted by Crippen LogP contribution is 2.06. The molecule has 3 heteroatoms. The number of pyridine rings is 1. The lowest BCUT2D eigenvalue weighted by atomic mass is 10.1. The Hall–Kier alpha value is -1.51. The fourth-order valence-corrected chi connectivity index (χ4v) is 1.73. The van der Waals surface area contributed by atoms with Crippen molar-refractivity contribution in [3.63, 3.8) is 0 Å². The molecule has 17 heavy (non-hydrogen) atoms. The number of rotatable bonds is 6. The summed E-state index contributed by atoms with van der Waals surface area (Å²) in [4.78, 5) is 11.3. The predicted octanol–water partition coefficient (Wildman–Crippen LogP) is 3.38. The number of hydrogen-bond donors (Lipinski definition) is 1. The molecule has 1 N–H and O–H groups in total. The number of aromatic nitrogens is 1. The van der Waals surface area contributed by atoms with Crippen LogP contribution in [0, 0.1) is 6.92 Å². The van der Waals surface area contributed by atoms with E-state index in [4.69, 9.17) is 0 Å². The molecule has 3 nitrogen and oxygen atoms in total. The first kappa shape index (κ1) is 13.6. The molecule has 1 aromatic rings. The van der Waals surface area contributed by atoms with Gasteiger partial charge in [-0.05, 0) is 37.5 Å². The minimum absolute atomic E-state index is 0.379. The van der Waals surface area contributed by atoms with E-state index in [1.165, 1.54) is 25.3 Å². The molecule has 0 spiro atoms. The van der Waals surface area contributed by atoms with Gasteiger partial charge in [-0.2, -0.15) is 0 Å². The normalized spacial score (nSPS) is 11.2. The maximum Gasteiger partial charge on any atom is 0.283 e. The van der Waals surface area contributed by atoms with Crippen molar-refractivity contribution in [2.45, 2.75) is 46.0 Å². The lowest BCUT2D eigenvalue weighted by molar-refractivity contribution is 0.172. The van der Waals surface area contributed by atoms with Crippen LogP contribution in [-0.2, 0) is 0 Å². The molecule has 0 amide bonds. The van der Waals surface area contributed by atoms with E-state index in [1.807, 2.05) is 13.0 Å². The summed E-state index contributed by atoms with van der Waals surface area (Å²) in [7, 11) is 0. The largest absolute Gasteiger partial charge is 0.425 e. The lowest BCUT2D eigenvalue weighted by Gasteiger charge is -2.02.